The molecule has 1 saturated heterocycles. The van der Waals surface area contributed by atoms with E-state index in [9.17, 15) is 9.90 Å². The van der Waals surface area contributed by atoms with E-state index in [1.165, 1.54) is 0 Å². The van der Waals surface area contributed by atoms with Gasteiger partial charge in [-0.2, -0.15) is 4.98 Å². The first kappa shape index (κ1) is 16.9. The zero-order valence-electron chi connectivity index (χ0n) is 13.9. The number of aromatic nitrogens is 2. The Balaban J connectivity index is 1.91. The normalized spacial score (nSPS) is 20.3. The van der Waals surface area contributed by atoms with E-state index in [1.54, 1.807) is 25.7 Å². The monoisotopic (exact) mass is 310 g/mol. The molecule has 0 spiro atoms. The predicted octanol–water partition coefficient (Wildman–Crippen LogP) is 0.962. The Morgan fingerprint density at radius 1 is 1.45 bits per heavy atom. The molecule has 1 fully saturated rings. The van der Waals surface area contributed by atoms with Crippen LogP contribution in [-0.2, 0) is 11.3 Å². The molecular weight excluding hydrogens is 284 g/mol. The summed E-state index contributed by atoms with van der Waals surface area (Å²) in [6.07, 6.45) is 2.83. The summed E-state index contributed by atoms with van der Waals surface area (Å²) >= 11 is 0. The Hall–Kier alpha value is -1.47. The zero-order valence-corrected chi connectivity index (χ0v) is 13.9. The van der Waals surface area contributed by atoms with Crippen LogP contribution < -0.4 is 0 Å². The smallest absolute Gasteiger partial charge is 0.253 e. The van der Waals surface area contributed by atoms with Crippen LogP contribution in [0.2, 0.25) is 0 Å². The Morgan fingerprint density at radius 3 is 2.77 bits per heavy atom. The van der Waals surface area contributed by atoms with Crippen LogP contribution in [0.3, 0.4) is 0 Å². The van der Waals surface area contributed by atoms with E-state index in [1.807, 2.05) is 7.05 Å². The molecule has 1 atom stereocenters. The highest BCUT2D eigenvalue weighted by atomic mass is 16.5. The van der Waals surface area contributed by atoms with Gasteiger partial charge in [0.1, 0.15) is 5.60 Å². The van der Waals surface area contributed by atoms with E-state index in [4.69, 9.17) is 4.52 Å². The van der Waals surface area contributed by atoms with Crippen molar-refractivity contribution in [3.63, 3.8) is 0 Å². The highest BCUT2D eigenvalue weighted by Gasteiger charge is 2.31. The molecule has 1 N–H and O–H groups in total. The first-order chi connectivity index (χ1) is 10.3. The zero-order chi connectivity index (χ0) is 16.3. The van der Waals surface area contributed by atoms with Crippen molar-refractivity contribution in [1.29, 1.82) is 0 Å². The van der Waals surface area contributed by atoms with E-state index in [2.05, 4.69) is 15.0 Å². The lowest BCUT2D eigenvalue weighted by Gasteiger charge is -2.28. The lowest BCUT2D eigenvalue weighted by atomic mass is 10.1. The standard InChI is InChI=1S/C15H26N4O3/c1-11-16-13(17-22-11)10-18(4)12-6-5-8-19(9-7-12)14(20)15(2,3)21/h12,21H,5-10H2,1-4H3. The third kappa shape index (κ3) is 4.27. The molecular formula is C15H26N4O3. The van der Waals surface area contributed by atoms with Crippen molar-refractivity contribution < 1.29 is 14.4 Å². The quantitative estimate of drug-likeness (QED) is 0.892. The van der Waals surface area contributed by atoms with Crippen LogP contribution >= 0.6 is 0 Å². The molecule has 7 nitrogen and oxygen atoms in total. The van der Waals surface area contributed by atoms with Crippen LogP contribution in [0.15, 0.2) is 4.52 Å². The fourth-order valence-corrected chi connectivity index (χ4v) is 2.87. The minimum absolute atomic E-state index is 0.190. The molecule has 0 aromatic carbocycles. The summed E-state index contributed by atoms with van der Waals surface area (Å²) in [7, 11) is 2.05. The van der Waals surface area contributed by atoms with Gasteiger partial charge < -0.3 is 14.5 Å². The molecule has 1 aromatic heterocycles. The van der Waals surface area contributed by atoms with Crippen LogP contribution in [0.25, 0.3) is 0 Å². The number of aliphatic hydroxyl groups is 1. The van der Waals surface area contributed by atoms with Crippen molar-refractivity contribution in [2.75, 3.05) is 20.1 Å². The minimum Gasteiger partial charge on any atom is -0.381 e. The van der Waals surface area contributed by atoms with Gasteiger partial charge in [0.15, 0.2) is 5.82 Å². The lowest BCUT2D eigenvalue weighted by molar-refractivity contribution is -0.147. The number of hydrogen-bond donors (Lipinski definition) is 1. The Morgan fingerprint density at radius 2 is 2.18 bits per heavy atom. The van der Waals surface area contributed by atoms with Crippen molar-refractivity contribution >= 4 is 5.91 Å². The summed E-state index contributed by atoms with van der Waals surface area (Å²) in [4.78, 5) is 20.4. The van der Waals surface area contributed by atoms with E-state index < -0.39 is 5.60 Å². The van der Waals surface area contributed by atoms with Crippen LogP contribution in [0, 0.1) is 6.92 Å². The van der Waals surface area contributed by atoms with Crippen molar-refractivity contribution in [2.45, 2.75) is 58.2 Å². The number of likely N-dealkylation sites (tertiary alicyclic amines) is 1. The number of hydrogen-bond acceptors (Lipinski definition) is 6. The molecule has 1 aliphatic rings. The second-order valence-corrected chi connectivity index (χ2v) is 6.58. The van der Waals surface area contributed by atoms with Gasteiger partial charge in [-0.3, -0.25) is 9.69 Å². The number of rotatable bonds is 4. The van der Waals surface area contributed by atoms with Crippen LogP contribution in [-0.4, -0.2) is 62.7 Å². The number of carbonyl (C=O) groups is 1. The Labute approximate surface area is 131 Å². The van der Waals surface area contributed by atoms with Gasteiger partial charge in [0, 0.05) is 26.1 Å². The number of amides is 1. The van der Waals surface area contributed by atoms with Crippen molar-refractivity contribution in [1.82, 2.24) is 19.9 Å². The fraction of sp³-hybridized carbons (Fsp3) is 0.800. The molecule has 1 aliphatic heterocycles. The van der Waals surface area contributed by atoms with Gasteiger partial charge in [-0.15, -0.1) is 0 Å². The summed E-state index contributed by atoms with van der Waals surface area (Å²) in [5.41, 5.74) is -1.30. The molecule has 0 radical (unpaired) electrons. The van der Waals surface area contributed by atoms with E-state index in [0.29, 0.717) is 37.4 Å². The number of aryl methyl sites for hydroxylation is 1. The van der Waals surface area contributed by atoms with Crippen LogP contribution in [0.1, 0.15) is 44.8 Å². The number of nitrogens with zero attached hydrogens (tertiary/aromatic N) is 4. The molecule has 0 saturated carbocycles. The summed E-state index contributed by atoms with van der Waals surface area (Å²) in [6.45, 7) is 6.88. The lowest BCUT2D eigenvalue weighted by Crippen LogP contribution is -2.45. The maximum absolute atomic E-state index is 12.2. The Kier molecular flexibility index (Phi) is 5.18. The third-order valence-electron chi connectivity index (χ3n) is 4.09. The van der Waals surface area contributed by atoms with Gasteiger partial charge in [-0.05, 0) is 40.2 Å². The summed E-state index contributed by atoms with van der Waals surface area (Å²) < 4.78 is 4.99. The molecule has 1 unspecified atom stereocenters. The van der Waals surface area contributed by atoms with Crippen molar-refractivity contribution in [3.8, 4) is 0 Å². The first-order valence-corrected chi connectivity index (χ1v) is 7.78. The third-order valence-corrected chi connectivity index (χ3v) is 4.09. The molecule has 2 rings (SSSR count). The van der Waals surface area contributed by atoms with Gasteiger partial charge in [-0.1, -0.05) is 5.16 Å². The molecule has 22 heavy (non-hydrogen) atoms. The van der Waals surface area contributed by atoms with Gasteiger partial charge in [0.25, 0.3) is 5.91 Å². The first-order valence-electron chi connectivity index (χ1n) is 7.78. The van der Waals surface area contributed by atoms with Crippen molar-refractivity contribution in [3.05, 3.63) is 11.7 Å². The van der Waals surface area contributed by atoms with Gasteiger partial charge >= 0.3 is 0 Å². The second kappa shape index (κ2) is 6.75. The molecule has 0 aliphatic carbocycles. The van der Waals surface area contributed by atoms with E-state index >= 15 is 0 Å². The van der Waals surface area contributed by atoms with Gasteiger partial charge in [0.2, 0.25) is 5.89 Å². The van der Waals surface area contributed by atoms with E-state index in [0.717, 1.165) is 19.3 Å². The maximum Gasteiger partial charge on any atom is 0.253 e. The Bertz CT molecular complexity index is 509. The summed E-state index contributed by atoms with van der Waals surface area (Å²) in [6, 6.07) is 0.374. The molecule has 124 valence electrons. The van der Waals surface area contributed by atoms with Crippen molar-refractivity contribution in [2.24, 2.45) is 0 Å². The number of carbonyl (C=O) groups excluding carboxylic acids is 1. The minimum atomic E-state index is -1.30. The molecule has 1 amide bonds. The average Bonchev–Trinajstić information content (AvgIpc) is 2.71. The average molecular weight is 310 g/mol. The van der Waals surface area contributed by atoms with Crippen LogP contribution in [0.5, 0.6) is 0 Å². The SMILES string of the molecule is Cc1nc(CN(C)C2CCCN(C(=O)C(C)(C)O)CC2)no1. The molecule has 0 bridgehead atoms. The van der Waals surface area contributed by atoms with Gasteiger partial charge in [0.05, 0.1) is 6.54 Å². The summed E-state index contributed by atoms with van der Waals surface area (Å²) in [5.74, 6) is 1.07. The fourth-order valence-electron chi connectivity index (χ4n) is 2.87. The van der Waals surface area contributed by atoms with Crippen LogP contribution in [0.4, 0.5) is 0 Å². The predicted molar refractivity (Wildman–Crippen MR) is 81.0 cm³/mol. The van der Waals surface area contributed by atoms with Gasteiger partial charge in [-0.25, -0.2) is 0 Å². The van der Waals surface area contributed by atoms with E-state index in [-0.39, 0.29) is 5.91 Å². The molecule has 1 aromatic rings. The highest BCUT2D eigenvalue weighted by molar-refractivity contribution is 5.84. The largest absolute Gasteiger partial charge is 0.381 e. The molecule has 7 heteroatoms. The topological polar surface area (TPSA) is 82.7 Å². The summed E-state index contributed by atoms with van der Waals surface area (Å²) in [5, 5.41) is 13.8. The highest BCUT2D eigenvalue weighted by Crippen LogP contribution is 2.19. The second-order valence-electron chi connectivity index (χ2n) is 6.58. The maximum atomic E-state index is 12.2. The molecule has 2 heterocycles.